The van der Waals surface area contributed by atoms with Crippen LogP contribution in [0, 0.1) is 0 Å². The Morgan fingerprint density at radius 2 is 1.83 bits per heavy atom. The molecule has 0 aromatic heterocycles. The van der Waals surface area contributed by atoms with Crippen LogP contribution in [0.3, 0.4) is 0 Å². The lowest BCUT2D eigenvalue weighted by atomic mass is 10.2. The third-order valence-electron chi connectivity index (χ3n) is 4.13. The fourth-order valence-electron chi connectivity index (χ4n) is 2.72. The van der Waals surface area contributed by atoms with E-state index in [-0.39, 0.29) is 30.0 Å². The summed E-state index contributed by atoms with van der Waals surface area (Å²) in [4.78, 5) is 9.34. The summed E-state index contributed by atoms with van der Waals surface area (Å²) in [6, 6.07) is 0.270. The van der Waals surface area contributed by atoms with Crippen molar-refractivity contribution in [3.63, 3.8) is 0 Å². The van der Waals surface area contributed by atoms with Gasteiger partial charge in [-0.3, -0.25) is 4.99 Å². The molecule has 0 aromatic carbocycles. The summed E-state index contributed by atoms with van der Waals surface area (Å²) in [5, 5.41) is 6.69. The lowest BCUT2D eigenvalue weighted by Gasteiger charge is -2.34. The molecule has 1 saturated heterocycles. The van der Waals surface area contributed by atoms with Gasteiger partial charge in [-0.15, -0.1) is 24.0 Å². The topological polar surface area (TPSA) is 52.1 Å². The first-order valence-corrected chi connectivity index (χ1v) is 8.60. The second-order valence-corrected chi connectivity index (χ2v) is 5.98. The molecule has 7 heteroatoms. The van der Waals surface area contributed by atoms with E-state index in [0.29, 0.717) is 6.61 Å². The predicted octanol–water partition coefficient (Wildman–Crippen LogP) is 1.22. The smallest absolute Gasteiger partial charge is 0.191 e. The number of nitrogens with one attached hydrogen (secondary N) is 2. The van der Waals surface area contributed by atoms with E-state index in [1.54, 1.807) is 7.11 Å². The van der Waals surface area contributed by atoms with Gasteiger partial charge >= 0.3 is 0 Å². The van der Waals surface area contributed by atoms with Crippen molar-refractivity contribution in [1.82, 2.24) is 20.4 Å². The molecule has 6 nitrogen and oxygen atoms in total. The maximum absolute atomic E-state index is 5.12. The van der Waals surface area contributed by atoms with Crippen LogP contribution in [-0.4, -0.2) is 88.4 Å². The van der Waals surface area contributed by atoms with Crippen LogP contribution >= 0.6 is 24.0 Å². The number of piperazine rings is 1. The summed E-state index contributed by atoms with van der Waals surface area (Å²) >= 11 is 0. The number of ether oxygens (including phenoxy) is 1. The molecular formula is C16H36IN5O. The molecule has 1 unspecified atom stereocenters. The first kappa shape index (κ1) is 22.9. The molecule has 0 aromatic rings. The lowest BCUT2D eigenvalue weighted by Crippen LogP contribution is -2.46. The molecule has 23 heavy (non-hydrogen) atoms. The molecule has 1 aliphatic heterocycles. The minimum Gasteiger partial charge on any atom is -0.383 e. The van der Waals surface area contributed by atoms with Crippen molar-refractivity contribution in [1.29, 1.82) is 0 Å². The summed E-state index contributed by atoms with van der Waals surface area (Å²) < 4.78 is 5.12. The van der Waals surface area contributed by atoms with E-state index in [9.17, 15) is 0 Å². The maximum Gasteiger partial charge on any atom is 0.191 e. The van der Waals surface area contributed by atoms with Crippen molar-refractivity contribution in [2.75, 3.05) is 66.6 Å². The number of methoxy groups -OCH3 is 1. The Morgan fingerprint density at radius 1 is 1.17 bits per heavy atom. The van der Waals surface area contributed by atoms with E-state index in [1.807, 2.05) is 7.05 Å². The van der Waals surface area contributed by atoms with E-state index < -0.39 is 0 Å². The summed E-state index contributed by atoms with van der Waals surface area (Å²) in [7, 11) is 3.52. The van der Waals surface area contributed by atoms with Gasteiger partial charge in [-0.1, -0.05) is 6.92 Å². The highest BCUT2D eigenvalue weighted by Gasteiger charge is 2.14. The number of rotatable bonds is 9. The van der Waals surface area contributed by atoms with Gasteiger partial charge < -0.3 is 25.2 Å². The molecule has 1 fully saturated rings. The summed E-state index contributed by atoms with van der Waals surface area (Å²) in [5.74, 6) is 0.862. The lowest BCUT2D eigenvalue weighted by molar-refractivity contribution is 0.136. The van der Waals surface area contributed by atoms with Crippen LogP contribution in [0.1, 0.15) is 26.7 Å². The molecule has 0 bridgehead atoms. The molecule has 1 atom stereocenters. The number of halogens is 1. The van der Waals surface area contributed by atoms with E-state index >= 15 is 0 Å². The van der Waals surface area contributed by atoms with Gasteiger partial charge in [0, 0.05) is 52.9 Å². The Bertz CT molecular complexity index is 309. The van der Waals surface area contributed by atoms with Crippen molar-refractivity contribution >= 4 is 29.9 Å². The summed E-state index contributed by atoms with van der Waals surface area (Å²) in [6.07, 6.45) is 2.41. The van der Waals surface area contributed by atoms with Gasteiger partial charge in [-0.05, 0) is 32.9 Å². The molecule has 0 amide bonds. The van der Waals surface area contributed by atoms with Crippen molar-refractivity contribution in [3.8, 4) is 0 Å². The molecule has 1 rings (SSSR count). The Balaban J connectivity index is 0.00000484. The molecule has 2 N–H and O–H groups in total. The zero-order chi connectivity index (χ0) is 16.2. The van der Waals surface area contributed by atoms with Crippen molar-refractivity contribution in [2.24, 2.45) is 4.99 Å². The van der Waals surface area contributed by atoms with Gasteiger partial charge in [-0.2, -0.15) is 0 Å². The number of nitrogens with zero attached hydrogens (tertiary/aromatic N) is 3. The average Bonchev–Trinajstić information content (AvgIpc) is 2.54. The standard InChI is InChI=1S/C16H35N5O.HI/c1-5-20-10-12-21(13-11-20)9-7-6-8-18-16(17-3)19-15(2)14-22-4;/h15H,5-14H2,1-4H3,(H2,17,18,19);1H. The zero-order valence-electron chi connectivity index (χ0n) is 15.3. The molecule has 138 valence electrons. The van der Waals surface area contributed by atoms with Crippen LogP contribution in [0.4, 0.5) is 0 Å². The summed E-state index contributed by atoms with van der Waals surface area (Å²) in [6.45, 7) is 13.3. The highest BCUT2D eigenvalue weighted by molar-refractivity contribution is 14.0. The first-order chi connectivity index (χ1) is 10.7. The molecule has 1 aliphatic rings. The predicted molar refractivity (Wildman–Crippen MR) is 109 cm³/mol. The maximum atomic E-state index is 5.12. The molecule has 0 spiro atoms. The van der Waals surface area contributed by atoms with Gasteiger partial charge in [0.05, 0.1) is 6.61 Å². The Kier molecular flexibility index (Phi) is 14.2. The third kappa shape index (κ3) is 10.4. The second-order valence-electron chi connectivity index (χ2n) is 5.98. The fraction of sp³-hybridized carbons (Fsp3) is 0.938. The monoisotopic (exact) mass is 441 g/mol. The Labute approximate surface area is 159 Å². The van der Waals surface area contributed by atoms with E-state index in [2.05, 4.69) is 39.3 Å². The van der Waals surface area contributed by atoms with E-state index in [1.165, 1.54) is 52.1 Å². The van der Waals surface area contributed by atoms with Crippen LogP contribution < -0.4 is 10.6 Å². The number of hydrogen-bond donors (Lipinski definition) is 2. The third-order valence-corrected chi connectivity index (χ3v) is 4.13. The number of unbranched alkanes of at least 4 members (excludes halogenated alkanes) is 1. The molecular weight excluding hydrogens is 405 g/mol. The van der Waals surface area contributed by atoms with Crippen LogP contribution in [0.15, 0.2) is 4.99 Å². The number of likely N-dealkylation sites (N-methyl/N-ethyl adjacent to an activating group) is 1. The summed E-state index contributed by atoms with van der Waals surface area (Å²) in [5.41, 5.74) is 0. The van der Waals surface area contributed by atoms with E-state index in [4.69, 9.17) is 4.74 Å². The Hall–Kier alpha value is -0.120. The zero-order valence-corrected chi connectivity index (χ0v) is 17.6. The molecule has 0 saturated carbocycles. The molecule has 1 heterocycles. The normalized spacial score (nSPS) is 18.3. The highest BCUT2D eigenvalue weighted by Crippen LogP contribution is 2.02. The van der Waals surface area contributed by atoms with Crippen LogP contribution in [0.5, 0.6) is 0 Å². The highest BCUT2D eigenvalue weighted by atomic mass is 127. The molecule has 0 aliphatic carbocycles. The van der Waals surface area contributed by atoms with Crippen LogP contribution in [0.2, 0.25) is 0 Å². The number of aliphatic imine (C=N–C) groups is 1. The van der Waals surface area contributed by atoms with Crippen LogP contribution in [0.25, 0.3) is 0 Å². The van der Waals surface area contributed by atoms with E-state index in [0.717, 1.165) is 12.5 Å². The van der Waals surface area contributed by atoms with Gasteiger partial charge in [0.2, 0.25) is 0 Å². The van der Waals surface area contributed by atoms with Gasteiger partial charge in [-0.25, -0.2) is 0 Å². The van der Waals surface area contributed by atoms with Gasteiger partial charge in [0.25, 0.3) is 0 Å². The minimum atomic E-state index is 0. The van der Waals surface area contributed by atoms with Crippen molar-refractivity contribution in [3.05, 3.63) is 0 Å². The first-order valence-electron chi connectivity index (χ1n) is 8.60. The second kappa shape index (κ2) is 14.2. The van der Waals surface area contributed by atoms with Gasteiger partial charge in [0.15, 0.2) is 5.96 Å². The largest absolute Gasteiger partial charge is 0.383 e. The fourth-order valence-corrected chi connectivity index (χ4v) is 2.72. The average molecular weight is 441 g/mol. The number of hydrogen-bond acceptors (Lipinski definition) is 4. The van der Waals surface area contributed by atoms with Crippen LogP contribution in [-0.2, 0) is 4.74 Å². The molecule has 0 radical (unpaired) electrons. The van der Waals surface area contributed by atoms with Crippen molar-refractivity contribution < 1.29 is 4.74 Å². The van der Waals surface area contributed by atoms with Crippen molar-refractivity contribution in [2.45, 2.75) is 32.7 Å². The quantitative estimate of drug-likeness (QED) is 0.244. The number of guanidine groups is 1. The SMILES string of the molecule is CCN1CCN(CCCCNC(=NC)NC(C)COC)CC1.I. The Morgan fingerprint density at radius 3 is 2.39 bits per heavy atom. The van der Waals surface area contributed by atoms with Gasteiger partial charge in [0.1, 0.15) is 0 Å². The minimum absolute atomic E-state index is 0.